The highest BCUT2D eigenvalue weighted by Crippen LogP contribution is 2.33. The molecule has 1 heterocycles. The van der Waals surface area contributed by atoms with E-state index in [4.69, 9.17) is 4.74 Å². The Balaban J connectivity index is 2.46. The van der Waals surface area contributed by atoms with Gasteiger partial charge in [-0.15, -0.1) is 0 Å². The third-order valence-electron chi connectivity index (χ3n) is 3.24. The van der Waals surface area contributed by atoms with Crippen molar-refractivity contribution in [3.8, 4) is 5.75 Å². The summed E-state index contributed by atoms with van der Waals surface area (Å²) in [6.45, 7) is 3.91. The maximum atomic E-state index is 12.8. The lowest BCUT2D eigenvalue weighted by atomic mass is 9.99. The number of rotatable bonds is 3. The zero-order chi connectivity index (χ0) is 14.0. The molecular weight excluding hydrogens is 245 g/mol. The second kappa shape index (κ2) is 5.36. The number of pyridine rings is 1. The predicted molar refractivity (Wildman–Crippen MR) is 70.7 cm³/mol. The number of aliphatic hydroxyl groups excluding tert-OH is 1. The quantitative estimate of drug-likeness (QED) is 0.923. The van der Waals surface area contributed by atoms with E-state index in [2.05, 4.69) is 4.98 Å². The lowest BCUT2D eigenvalue weighted by Gasteiger charge is -2.17. The maximum absolute atomic E-state index is 12.8. The van der Waals surface area contributed by atoms with Crippen LogP contribution < -0.4 is 4.74 Å². The number of hydrogen-bond acceptors (Lipinski definition) is 3. The SMILES string of the molecule is COc1c(C(O)c2ccc(F)cn2)ccc(C)c1C. The van der Waals surface area contributed by atoms with Gasteiger partial charge in [-0.25, -0.2) is 4.39 Å². The minimum Gasteiger partial charge on any atom is -0.496 e. The van der Waals surface area contributed by atoms with Gasteiger partial charge in [-0.2, -0.15) is 0 Å². The van der Waals surface area contributed by atoms with Crippen LogP contribution in [0.1, 0.15) is 28.5 Å². The summed E-state index contributed by atoms with van der Waals surface area (Å²) in [6.07, 6.45) is 0.154. The van der Waals surface area contributed by atoms with Gasteiger partial charge in [-0.05, 0) is 37.1 Å². The third kappa shape index (κ3) is 2.58. The molecule has 19 heavy (non-hydrogen) atoms. The molecule has 0 aliphatic rings. The molecule has 100 valence electrons. The summed E-state index contributed by atoms with van der Waals surface area (Å²) in [4.78, 5) is 3.90. The van der Waals surface area contributed by atoms with Gasteiger partial charge in [-0.1, -0.05) is 12.1 Å². The molecule has 0 aliphatic carbocycles. The Labute approximate surface area is 111 Å². The molecule has 1 unspecified atom stereocenters. The number of aromatic nitrogens is 1. The van der Waals surface area contributed by atoms with E-state index in [-0.39, 0.29) is 0 Å². The van der Waals surface area contributed by atoms with Gasteiger partial charge in [-0.3, -0.25) is 4.98 Å². The molecule has 3 nitrogen and oxygen atoms in total. The van der Waals surface area contributed by atoms with Gasteiger partial charge in [0.1, 0.15) is 17.7 Å². The molecule has 0 aliphatic heterocycles. The molecule has 0 radical (unpaired) electrons. The minimum absolute atomic E-state index is 0.392. The summed E-state index contributed by atoms with van der Waals surface area (Å²) in [5, 5.41) is 10.3. The van der Waals surface area contributed by atoms with Crippen molar-refractivity contribution in [2.45, 2.75) is 20.0 Å². The number of aliphatic hydroxyl groups is 1. The average molecular weight is 261 g/mol. The fourth-order valence-corrected chi connectivity index (χ4v) is 2.01. The van der Waals surface area contributed by atoms with Gasteiger partial charge in [0.05, 0.1) is 19.0 Å². The first-order chi connectivity index (χ1) is 9.04. The summed E-state index contributed by atoms with van der Waals surface area (Å²) < 4.78 is 18.2. The highest BCUT2D eigenvalue weighted by atomic mass is 19.1. The van der Waals surface area contributed by atoms with Gasteiger partial charge in [0, 0.05) is 5.56 Å². The van der Waals surface area contributed by atoms with E-state index in [1.165, 1.54) is 12.1 Å². The first-order valence-corrected chi connectivity index (χ1v) is 5.98. The topological polar surface area (TPSA) is 42.4 Å². The smallest absolute Gasteiger partial charge is 0.141 e. The Kier molecular flexibility index (Phi) is 3.81. The largest absolute Gasteiger partial charge is 0.496 e. The van der Waals surface area contributed by atoms with E-state index in [1.54, 1.807) is 13.2 Å². The monoisotopic (exact) mass is 261 g/mol. The number of nitrogens with zero attached hydrogens (tertiary/aromatic N) is 1. The lowest BCUT2D eigenvalue weighted by Crippen LogP contribution is -2.06. The minimum atomic E-state index is -0.935. The van der Waals surface area contributed by atoms with Crippen LogP contribution in [-0.2, 0) is 0 Å². The number of methoxy groups -OCH3 is 1. The molecule has 0 saturated carbocycles. The molecular formula is C15H16FNO2. The zero-order valence-electron chi connectivity index (χ0n) is 11.1. The molecule has 0 amide bonds. The van der Waals surface area contributed by atoms with E-state index in [9.17, 15) is 9.50 Å². The predicted octanol–water partition coefficient (Wildman–Crippen LogP) is 2.93. The molecule has 2 aromatic rings. The number of hydrogen-bond donors (Lipinski definition) is 1. The van der Waals surface area contributed by atoms with Crippen LogP contribution in [0.2, 0.25) is 0 Å². The number of aryl methyl sites for hydroxylation is 1. The number of halogens is 1. The fourth-order valence-electron chi connectivity index (χ4n) is 2.01. The van der Waals surface area contributed by atoms with Gasteiger partial charge in [0.25, 0.3) is 0 Å². The Morgan fingerprint density at radius 3 is 2.53 bits per heavy atom. The molecule has 1 aromatic carbocycles. The Hall–Kier alpha value is -1.94. The first kappa shape index (κ1) is 13.5. The van der Waals surface area contributed by atoms with Crippen molar-refractivity contribution >= 4 is 0 Å². The van der Waals surface area contributed by atoms with E-state index < -0.39 is 11.9 Å². The fraction of sp³-hybridized carbons (Fsp3) is 0.267. The van der Waals surface area contributed by atoms with E-state index >= 15 is 0 Å². The van der Waals surface area contributed by atoms with Crippen molar-refractivity contribution in [1.29, 1.82) is 0 Å². The Morgan fingerprint density at radius 2 is 1.95 bits per heavy atom. The van der Waals surface area contributed by atoms with E-state index in [1.807, 2.05) is 19.9 Å². The van der Waals surface area contributed by atoms with Crippen molar-refractivity contribution in [3.05, 3.63) is 58.7 Å². The highest BCUT2D eigenvalue weighted by Gasteiger charge is 2.18. The first-order valence-electron chi connectivity index (χ1n) is 5.98. The summed E-state index contributed by atoms with van der Waals surface area (Å²) in [5.41, 5.74) is 3.08. The van der Waals surface area contributed by atoms with Crippen LogP contribution >= 0.6 is 0 Å². The molecule has 1 atom stereocenters. The summed E-state index contributed by atoms with van der Waals surface area (Å²) >= 11 is 0. The number of ether oxygens (including phenoxy) is 1. The molecule has 0 bridgehead atoms. The standard InChI is InChI=1S/C15H16FNO2/c1-9-4-6-12(15(19-3)10(9)2)14(18)13-7-5-11(16)8-17-13/h4-8,14,18H,1-3H3. The normalized spacial score (nSPS) is 12.3. The highest BCUT2D eigenvalue weighted by molar-refractivity contribution is 5.48. The zero-order valence-corrected chi connectivity index (χ0v) is 11.1. The number of benzene rings is 1. The van der Waals surface area contributed by atoms with Crippen molar-refractivity contribution in [3.63, 3.8) is 0 Å². The third-order valence-corrected chi connectivity index (χ3v) is 3.24. The van der Waals surface area contributed by atoms with Crippen LogP contribution in [0.3, 0.4) is 0 Å². The van der Waals surface area contributed by atoms with Crippen molar-refractivity contribution < 1.29 is 14.2 Å². The second-order valence-corrected chi connectivity index (χ2v) is 4.43. The Morgan fingerprint density at radius 1 is 1.21 bits per heavy atom. The van der Waals surface area contributed by atoms with Crippen LogP contribution in [0.15, 0.2) is 30.5 Å². The van der Waals surface area contributed by atoms with Gasteiger partial charge in [0.15, 0.2) is 0 Å². The van der Waals surface area contributed by atoms with Crippen LogP contribution in [0.5, 0.6) is 5.75 Å². The van der Waals surface area contributed by atoms with Gasteiger partial charge in [0.2, 0.25) is 0 Å². The molecule has 0 spiro atoms. The van der Waals surface area contributed by atoms with Crippen molar-refractivity contribution in [2.24, 2.45) is 0 Å². The van der Waals surface area contributed by atoms with Crippen LogP contribution in [0.4, 0.5) is 4.39 Å². The molecule has 4 heteroatoms. The van der Waals surface area contributed by atoms with E-state index in [0.717, 1.165) is 17.3 Å². The van der Waals surface area contributed by atoms with Crippen LogP contribution in [-0.4, -0.2) is 17.2 Å². The lowest BCUT2D eigenvalue weighted by molar-refractivity contribution is 0.209. The summed E-state index contributed by atoms with van der Waals surface area (Å²) in [7, 11) is 1.57. The van der Waals surface area contributed by atoms with Crippen LogP contribution in [0.25, 0.3) is 0 Å². The summed E-state index contributed by atoms with van der Waals surface area (Å²) in [6, 6.07) is 6.46. The maximum Gasteiger partial charge on any atom is 0.141 e. The van der Waals surface area contributed by atoms with Crippen molar-refractivity contribution in [2.75, 3.05) is 7.11 Å². The summed E-state index contributed by atoms with van der Waals surface area (Å²) in [5.74, 6) is 0.210. The van der Waals surface area contributed by atoms with Gasteiger partial charge < -0.3 is 9.84 Å². The molecule has 2 rings (SSSR count). The Bertz CT molecular complexity index is 581. The molecule has 0 fully saturated rings. The van der Waals surface area contributed by atoms with Crippen LogP contribution in [0, 0.1) is 19.7 Å². The van der Waals surface area contributed by atoms with E-state index in [0.29, 0.717) is 17.0 Å². The van der Waals surface area contributed by atoms with Crippen molar-refractivity contribution in [1.82, 2.24) is 4.98 Å². The van der Waals surface area contributed by atoms with Gasteiger partial charge >= 0.3 is 0 Å². The molecule has 1 aromatic heterocycles. The second-order valence-electron chi connectivity index (χ2n) is 4.43. The average Bonchev–Trinajstić information content (AvgIpc) is 2.41. The molecule has 0 saturated heterocycles. The molecule has 1 N–H and O–H groups in total.